The van der Waals surface area contributed by atoms with Gasteiger partial charge in [-0.2, -0.15) is 5.32 Å². The molecule has 0 aromatic heterocycles. The predicted octanol–water partition coefficient (Wildman–Crippen LogP) is -0.325. The summed E-state index contributed by atoms with van der Waals surface area (Å²) < 4.78 is 0. The van der Waals surface area contributed by atoms with E-state index in [4.69, 9.17) is 11.6 Å². The molecule has 1 N–H and O–H groups in total. The lowest BCUT2D eigenvalue weighted by atomic mass is 11.0. The van der Waals surface area contributed by atoms with Crippen LogP contribution in [0.15, 0.2) is 11.7 Å². The molecule has 2 heteroatoms. The zero-order valence-electron chi connectivity index (χ0n) is 3.03. The molecule has 0 bridgehead atoms. The van der Waals surface area contributed by atoms with Gasteiger partial charge >= 0.3 is 0 Å². The van der Waals surface area contributed by atoms with Crippen LogP contribution in [0, 0.1) is 0 Å². The van der Waals surface area contributed by atoms with E-state index in [1.807, 2.05) is 0 Å². The van der Waals surface area contributed by atoms with Gasteiger partial charge in [0.1, 0.15) is 7.05 Å². The molecule has 1 radical (unpaired) electrons. The minimum absolute atomic E-state index is 1.42. The molecule has 0 aliphatic rings. The summed E-state index contributed by atoms with van der Waals surface area (Å²) >= 11 is 5.06. The maximum Gasteiger partial charge on any atom is 0.153 e. The molecule has 0 saturated heterocycles. The van der Waals surface area contributed by atoms with Gasteiger partial charge in [-0.3, -0.25) is 0 Å². The topological polar surface area (TPSA) is 15.6 Å². The smallest absolute Gasteiger partial charge is 0.153 e. The SMILES string of the molecule is C[NH+]C=CCl. The van der Waals surface area contributed by atoms with Crippen LogP contribution in [0.5, 0.6) is 0 Å². The minimum Gasteiger partial charge on any atom is -0.155 e. The molecule has 0 aliphatic carbocycles. The Kier molecular flexibility index (Phi) is 3.98. The van der Waals surface area contributed by atoms with Crippen LogP contribution in [0.2, 0.25) is 0 Å². The van der Waals surface area contributed by atoms with Crippen molar-refractivity contribution >= 4 is 11.6 Å². The predicted molar refractivity (Wildman–Crippen MR) is 21.9 cm³/mol. The Morgan fingerprint density at radius 2 is 2.40 bits per heavy atom. The third-order valence-electron chi connectivity index (χ3n) is 0.230. The summed E-state index contributed by atoms with van der Waals surface area (Å²) in [5, 5.41) is 2.70. The summed E-state index contributed by atoms with van der Waals surface area (Å²) in [5.74, 6) is 0. The first-order chi connectivity index (χ1) is 2.41. The fraction of sp³-hybridized carbons (Fsp3) is 0.333. The second-order valence-corrected chi connectivity index (χ2v) is 0.833. The van der Waals surface area contributed by atoms with Gasteiger partial charge in [-0.05, 0) is 0 Å². The van der Waals surface area contributed by atoms with Gasteiger partial charge < -0.3 is 0 Å². The van der Waals surface area contributed by atoms with Gasteiger partial charge in [0.05, 0.1) is 5.54 Å². The fourth-order valence-corrected chi connectivity index (χ4v) is 0.189. The molecule has 0 fully saturated rings. The van der Waals surface area contributed by atoms with Crippen molar-refractivity contribution in [1.29, 1.82) is 0 Å². The lowest BCUT2D eigenvalue weighted by Crippen LogP contribution is -2.72. The molecule has 0 saturated carbocycles. The summed E-state index contributed by atoms with van der Waals surface area (Å²) in [6, 6.07) is 0. The molecule has 1 nitrogen and oxygen atoms in total. The molecule has 0 spiro atoms. The van der Waals surface area contributed by atoms with Crippen molar-refractivity contribution in [3.8, 4) is 0 Å². The summed E-state index contributed by atoms with van der Waals surface area (Å²) in [6.07, 6.45) is 1.64. The third kappa shape index (κ3) is 3.99. The van der Waals surface area contributed by atoms with E-state index >= 15 is 0 Å². The molecule has 5 heavy (non-hydrogen) atoms. The van der Waals surface area contributed by atoms with Gasteiger partial charge in [-0.25, -0.2) is 0 Å². The molecule has 29 valence electrons. The number of halogens is 1. The molecule has 0 atom stereocenters. The van der Waals surface area contributed by atoms with E-state index in [1.54, 1.807) is 13.2 Å². The van der Waals surface area contributed by atoms with Crippen molar-refractivity contribution in [2.75, 3.05) is 7.05 Å². The summed E-state index contributed by atoms with van der Waals surface area (Å²) in [7, 11) is 1.79. The molecule has 0 heterocycles. The Morgan fingerprint density at radius 1 is 1.80 bits per heavy atom. The zero-order valence-corrected chi connectivity index (χ0v) is 3.79. The van der Waals surface area contributed by atoms with Crippen LogP contribution >= 0.6 is 11.6 Å². The number of rotatable bonds is 1. The van der Waals surface area contributed by atoms with E-state index in [-0.39, 0.29) is 0 Å². The first kappa shape index (κ1) is 4.99. The molecule has 0 aliphatic heterocycles. The molecule has 0 aromatic rings. The largest absolute Gasteiger partial charge is 0.155 e. The lowest BCUT2D eigenvalue weighted by Gasteiger charge is -1.57. The van der Waals surface area contributed by atoms with Gasteiger partial charge in [0.15, 0.2) is 6.20 Å². The zero-order chi connectivity index (χ0) is 4.12. The molecule has 0 unspecified atom stereocenters. The van der Waals surface area contributed by atoms with Gasteiger partial charge in [0.25, 0.3) is 0 Å². The third-order valence-corrected chi connectivity index (χ3v) is 0.356. The molecule has 0 aromatic carbocycles. The summed E-state index contributed by atoms with van der Waals surface area (Å²) in [4.78, 5) is 0. The van der Waals surface area contributed by atoms with Gasteiger partial charge in [0.2, 0.25) is 0 Å². The van der Waals surface area contributed by atoms with E-state index in [9.17, 15) is 0 Å². The van der Waals surface area contributed by atoms with Crippen LogP contribution in [0.1, 0.15) is 0 Å². The number of nitrogens with one attached hydrogen (secondary N) is 1. The Balaban J connectivity index is 2.62. The Bertz CT molecular complexity index is 33.9. The Morgan fingerprint density at radius 3 is 2.40 bits per heavy atom. The monoisotopic (exact) mass is 91.0 g/mol. The Hall–Kier alpha value is -0.0100. The van der Waals surface area contributed by atoms with E-state index in [1.165, 1.54) is 5.54 Å². The van der Waals surface area contributed by atoms with Crippen LogP contribution in [0.4, 0.5) is 0 Å². The highest BCUT2D eigenvalue weighted by atomic mass is 35.5. The van der Waals surface area contributed by atoms with E-state index in [2.05, 4.69) is 5.32 Å². The Labute approximate surface area is 36.6 Å². The van der Waals surface area contributed by atoms with Crippen LogP contribution in [0.3, 0.4) is 0 Å². The van der Waals surface area contributed by atoms with Crippen molar-refractivity contribution in [1.82, 2.24) is 0 Å². The average Bonchev–Trinajstić information content (AvgIpc) is 1.41. The number of hydrogen-bond acceptors (Lipinski definition) is 1. The van der Waals surface area contributed by atoms with E-state index in [0.717, 1.165) is 0 Å². The quantitative estimate of drug-likeness (QED) is 0.455. The summed E-state index contributed by atoms with van der Waals surface area (Å²) in [5.41, 5.74) is 1.42. The van der Waals surface area contributed by atoms with Crippen molar-refractivity contribution in [2.45, 2.75) is 0 Å². The molecular weight excluding hydrogens is 85.5 g/mol. The van der Waals surface area contributed by atoms with Crippen molar-refractivity contribution < 1.29 is 5.32 Å². The van der Waals surface area contributed by atoms with Gasteiger partial charge in [0, 0.05) is 0 Å². The first-order valence-electron chi connectivity index (χ1n) is 1.34. The standard InChI is InChI=1S/C3H6ClN/c1-5-3-2-4/h2-3,5H,1H3/q+1. The highest BCUT2D eigenvalue weighted by Crippen LogP contribution is 1.64. The highest BCUT2D eigenvalue weighted by Gasteiger charge is 1.60. The van der Waals surface area contributed by atoms with Crippen LogP contribution in [-0.4, -0.2) is 7.05 Å². The normalized spacial score (nSPS) is 10.0. The van der Waals surface area contributed by atoms with Crippen molar-refractivity contribution in [3.63, 3.8) is 0 Å². The van der Waals surface area contributed by atoms with Gasteiger partial charge in [-0.15, -0.1) is 0 Å². The second-order valence-electron chi connectivity index (χ2n) is 0.581. The maximum absolute atomic E-state index is 5.06. The second kappa shape index (κ2) is 3.99. The van der Waals surface area contributed by atoms with Crippen LogP contribution in [-0.2, 0) is 0 Å². The first-order valence-corrected chi connectivity index (χ1v) is 1.78. The highest BCUT2D eigenvalue weighted by molar-refractivity contribution is 6.25. The van der Waals surface area contributed by atoms with Crippen molar-refractivity contribution in [2.24, 2.45) is 0 Å². The van der Waals surface area contributed by atoms with Crippen molar-refractivity contribution in [3.05, 3.63) is 11.7 Å². The van der Waals surface area contributed by atoms with E-state index < -0.39 is 0 Å². The van der Waals surface area contributed by atoms with Crippen LogP contribution in [0.25, 0.3) is 0 Å². The summed E-state index contributed by atoms with van der Waals surface area (Å²) in [6.45, 7) is 0. The molecular formula is C3H6ClN+. The van der Waals surface area contributed by atoms with Crippen LogP contribution < -0.4 is 5.32 Å². The minimum atomic E-state index is 1.42. The fourth-order valence-electron chi connectivity index (χ4n) is 0.0630. The molecule has 0 amide bonds. The van der Waals surface area contributed by atoms with Gasteiger partial charge in [-0.1, -0.05) is 11.6 Å². The number of hydrogen-bond donors (Lipinski definition) is 1. The average molecular weight is 91.5 g/mol. The lowest BCUT2D eigenvalue weighted by molar-refractivity contribution is -0.556. The maximum atomic E-state index is 5.06. The van der Waals surface area contributed by atoms with E-state index in [0.29, 0.717) is 0 Å². The molecule has 0 rings (SSSR count).